The third-order valence-corrected chi connectivity index (χ3v) is 2.95. The number of nitrogens with one attached hydrogen (secondary N) is 2. The van der Waals surface area contributed by atoms with Gasteiger partial charge in [-0.1, -0.05) is 18.2 Å². The van der Waals surface area contributed by atoms with Crippen LogP contribution in [0.15, 0.2) is 34.7 Å². The summed E-state index contributed by atoms with van der Waals surface area (Å²) in [5.41, 5.74) is 0.896. The monoisotopic (exact) mass is 246 g/mol. The molecule has 96 valence electrons. The molecule has 1 aromatic heterocycles. The Morgan fingerprint density at radius 1 is 1.39 bits per heavy atom. The van der Waals surface area contributed by atoms with E-state index in [0.717, 1.165) is 16.7 Å². The molecule has 18 heavy (non-hydrogen) atoms. The molecule has 1 heterocycles. The highest BCUT2D eigenvalue weighted by molar-refractivity contribution is 5.77. The van der Waals surface area contributed by atoms with E-state index in [-0.39, 0.29) is 11.9 Å². The van der Waals surface area contributed by atoms with Gasteiger partial charge in [-0.2, -0.15) is 0 Å². The van der Waals surface area contributed by atoms with Crippen LogP contribution >= 0.6 is 0 Å². The molecule has 0 aliphatic rings. The van der Waals surface area contributed by atoms with Gasteiger partial charge < -0.3 is 15.1 Å². The van der Waals surface area contributed by atoms with E-state index in [4.69, 9.17) is 4.42 Å². The molecular formula is C14H18N2O2. The van der Waals surface area contributed by atoms with Gasteiger partial charge in [0.05, 0.1) is 6.04 Å². The zero-order valence-corrected chi connectivity index (χ0v) is 10.7. The van der Waals surface area contributed by atoms with Crippen molar-refractivity contribution in [3.63, 3.8) is 0 Å². The van der Waals surface area contributed by atoms with Crippen molar-refractivity contribution in [3.05, 3.63) is 36.1 Å². The number of fused-ring (bicyclic) bond motifs is 1. The van der Waals surface area contributed by atoms with Crippen molar-refractivity contribution in [3.8, 4) is 0 Å². The third kappa shape index (κ3) is 2.90. The topological polar surface area (TPSA) is 54.3 Å². The van der Waals surface area contributed by atoms with Gasteiger partial charge in [0, 0.05) is 25.4 Å². The van der Waals surface area contributed by atoms with E-state index in [1.807, 2.05) is 37.3 Å². The van der Waals surface area contributed by atoms with Gasteiger partial charge in [0.2, 0.25) is 5.91 Å². The highest BCUT2D eigenvalue weighted by Crippen LogP contribution is 2.23. The predicted molar refractivity (Wildman–Crippen MR) is 71.3 cm³/mol. The summed E-state index contributed by atoms with van der Waals surface area (Å²) in [6.45, 7) is 2.67. The molecule has 0 aliphatic carbocycles. The molecule has 2 N–H and O–H groups in total. The maximum atomic E-state index is 11.1. The van der Waals surface area contributed by atoms with Crippen LogP contribution in [0.1, 0.15) is 25.1 Å². The molecule has 1 aromatic carbocycles. The van der Waals surface area contributed by atoms with Crippen molar-refractivity contribution in [2.45, 2.75) is 19.4 Å². The lowest BCUT2D eigenvalue weighted by Crippen LogP contribution is -2.26. The van der Waals surface area contributed by atoms with Crippen molar-refractivity contribution in [2.24, 2.45) is 0 Å². The van der Waals surface area contributed by atoms with Gasteiger partial charge in [-0.05, 0) is 19.1 Å². The minimum atomic E-state index is 0.0410. The standard InChI is InChI=1S/C14H18N2O2/c1-10(16-8-7-14(17)15-2)13-9-11-5-3-4-6-12(11)18-13/h3-6,9-10,16H,7-8H2,1-2H3,(H,15,17). The average molecular weight is 246 g/mol. The van der Waals surface area contributed by atoms with E-state index in [0.29, 0.717) is 13.0 Å². The van der Waals surface area contributed by atoms with Gasteiger partial charge in [0.1, 0.15) is 11.3 Å². The molecule has 1 amide bonds. The minimum Gasteiger partial charge on any atom is -0.459 e. The summed E-state index contributed by atoms with van der Waals surface area (Å²) in [6, 6.07) is 10.1. The van der Waals surface area contributed by atoms with E-state index >= 15 is 0 Å². The van der Waals surface area contributed by atoms with Gasteiger partial charge in [-0.15, -0.1) is 0 Å². The SMILES string of the molecule is CNC(=O)CCNC(C)c1cc2ccccc2o1. The number of hydrogen-bond donors (Lipinski definition) is 2. The zero-order valence-electron chi connectivity index (χ0n) is 10.7. The zero-order chi connectivity index (χ0) is 13.0. The Kier molecular flexibility index (Phi) is 3.99. The normalized spacial score (nSPS) is 12.6. The Balaban J connectivity index is 1.96. The highest BCUT2D eigenvalue weighted by atomic mass is 16.3. The van der Waals surface area contributed by atoms with Crippen LogP contribution in [0.5, 0.6) is 0 Å². The van der Waals surface area contributed by atoms with Gasteiger partial charge >= 0.3 is 0 Å². The molecule has 0 spiro atoms. The number of amides is 1. The van der Waals surface area contributed by atoms with Crippen molar-refractivity contribution in [1.29, 1.82) is 0 Å². The van der Waals surface area contributed by atoms with E-state index in [2.05, 4.69) is 10.6 Å². The summed E-state index contributed by atoms with van der Waals surface area (Å²) in [4.78, 5) is 11.1. The quantitative estimate of drug-likeness (QED) is 0.850. The maximum Gasteiger partial charge on any atom is 0.221 e. The van der Waals surface area contributed by atoms with Crippen LogP contribution in [0.2, 0.25) is 0 Å². The molecule has 1 atom stereocenters. The van der Waals surface area contributed by atoms with Crippen LogP contribution in [0, 0.1) is 0 Å². The first-order chi connectivity index (χ1) is 8.70. The van der Waals surface area contributed by atoms with Gasteiger partial charge in [0.15, 0.2) is 0 Å². The average Bonchev–Trinajstić information content (AvgIpc) is 2.82. The van der Waals surface area contributed by atoms with Gasteiger partial charge in [-0.3, -0.25) is 4.79 Å². The Labute approximate surface area is 106 Å². The smallest absolute Gasteiger partial charge is 0.221 e. The minimum absolute atomic E-state index is 0.0410. The van der Waals surface area contributed by atoms with Crippen LogP contribution < -0.4 is 10.6 Å². The largest absolute Gasteiger partial charge is 0.459 e. The number of rotatable bonds is 5. The molecule has 2 rings (SSSR count). The summed E-state index contributed by atoms with van der Waals surface area (Å²) in [7, 11) is 1.64. The Hall–Kier alpha value is -1.81. The first-order valence-electron chi connectivity index (χ1n) is 6.13. The first kappa shape index (κ1) is 12.6. The fraction of sp³-hybridized carbons (Fsp3) is 0.357. The molecule has 0 saturated heterocycles. The van der Waals surface area contributed by atoms with E-state index in [1.165, 1.54) is 0 Å². The van der Waals surface area contributed by atoms with Crippen molar-refractivity contribution >= 4 is 16.9 Å². The first-order valence-corrected chi connectivity index (χ1v) is 6.13. The van der Waals surface area contributed by atoms with Crippen LogP contribution in [0.25, 0.3) is 11.0 Å². The van der Waals surface area contributed by atoms with E-state index in [9.17, 15) is 4.79 Å². The second-order valence-electron chi connectivity index (χ2n) is 4.29. The summed E-state index contributed by atoms with van der Waals surface area (Å²) in [5, 5.41) is 6.97. The van der Waals surface area contributed by atoms with Crippen LogP contribution in [0.3, 0.4) is 0 Å². The fourth-order valence-corrected chi connectivity index (χ4v) is 1.84. The lowest BCUT2D eigenvalue weighted by Gasteiger charge is -2.10. The summed E-state index contributed by atoms with van der Waals surface area (Å²) in [6.07, 6.45) is 0.473. The number of furan rings is 1. The molecule has 0 bridgehead atoms. The van der Waals surface area contributed by atoms with Crippen LogP contribution in [-0.4, -0.2) is 19.5 Å². The molecular weight excluding hydrogens is 228 g/mol. The molecule has 4 heteroatoms. The fourth-order valence-electron chi connectivity index (χ4n) is 1.84. The molecule has 0 saturated carbocycles. The summed E-state index contributed by atoms with van der Waals surface area (Å²) < 4.78 is 5.75. The van der Waals surface area contributed by atoms with Crippen LogP contribution in [-0.2, 0) is 4.79 Å². The maximum absolute atomic E-state index is 11.1. The number of hydrogen-bond acceptors (Lipinski definition) is 3. The third-order valence-electron chi connectivity index (χ3n) is 2.95. The molecule has 4 nitrogen and oxygen atoms in total. The van der Waals surface area contributed by atoms with E-state index < -0.39 is 0 Å². The highest BCUT2D eigenvalue weighted by Gasteiger charge is 2.10. The second kappa shape index (κ2) is 5.69. The van der Waals surface area contributed by atoms with Gasteiger partial charge in [0.25, 0.3) is 0 Å². The Morgan fingerprint density at radius 2 is 2.17 bits per heavy atom. The van der Waals surface area contributed by atoms with Crippen molar-refractivity contribution in [1.82, 2.24) is 10.6 Å². The number of carbonyl (C=O) groups is 1. The lowest BCUT2D eigenvalue weighted by molar-refractivity contribution is -0.120. The summed E-state index contributed by atoms with van der Waals surface area (Å²) in [5.74, 6) is 0.937. The lowest BCUT2D eigenvalue weighted by atomic mass is 10.2. The number of para-hydroxylation sites is 1. The Bertz CT molecular complexity index is 500. The van der Waals surface area contributed by atoms with Crippen LogP contribution in [0.4, 0.5) is 0 Å². The predicted octanol–water partition coefficient (Wildman–Crippen LogP) is 2.22. The van der Waals surface area contributed by atoms with Crippen molar-refractivity contribution < 1.29 is 9.21 Å². The molecule has 2 aromatic rings. The van der Waals surface area contributed by atoms with Crippen molar-refractivity contribution in [2.75, 3.05) is 13.6 Å². The molecule has 0 aliphatic heterocycles. The number of carbonyl (C=O) groups excluding carboxylic acids is 1. The van der Waals surface area contributed by atoms with Gasteiger partial charge in [-0.25, -0.2) is 0 Å². The second-order valence-corrected chi connectivity index (χ2v) is 4.29. The summed E-state index contributed by atoms with van der Waals surface area (Å²) >= 11 is 0. The van der Waals surface area contributed by atoms with E-state index in [1.54, 1.807) is 7.05 Å². The Morgan fingerprint density at radius 3 is 2.89 bits per heavy atom. The number of benzene rings is 1. The molecule has 0 radical (unpaired) electrons. The molecule has 0 fully saturated rings. The molecule has 1 unspecified atom stereocenters.